The topological polar surface area (TPSA) is 99.6 Å². The summed E-state index contributed by atoms with van der Waals surface area (Å²) in [6.45, 7) is 14.7. The van der Waals surface area contributed by atoms with Gasteiger partial charge in [0.2, 0.25) is 11.8 Å². The predicted octanol–water partition coefficient (Wildman–Crippen LogP) is 6.06. The van der Waals surface area contributed by atoms with Crippen molar-refractivity contribution in [1.29, 1.82) is 0 Å². The Morgan fingerprint density at radius 1 is 1.08 bits per heavy atom. The minimum atomic E-state index is -2.46. The number of rotatable bonds is 12. The van der Waals surface area contributed by atoms with E-state index in [2.05, 4.69) is 65.1 Å². The quantitative estimate of drug-likeness (QED) is 0.163. The number of aliphatic hydroxyl groups excluding tert-OH is 1. The van der Waals surface area contributed by atoms with Crippen molar-refractivity contribution in [3.63, 3.8) is 0 Å². The van der Waals surface area contributed by atoms with Crippen LogP contribution in [0.3, 0.4) is 0 Å². The third-order valence-corrected chi connectivity index (χ3v) is 16.3. The number of aliphatic hydroxyl groups is 1. The SMILES string of the molecule is COc1ccc([Si](C)(C)[C@@H]2[C@@H](CC(=O)N3CCC[C@H]3CO)O[C@]3(C(=O)N(C/C=C(\C)CCC=C(C)C)c4ccc(N5CCC5=O)cc43)[C@H]2C)cc1. The van der Waals surface area contributed by atoms with Crippen LogP contribution < -0.4 is 19.7 Å². The minimum absolute atomic E-state index is 0.0392. The van der Waals surface area contributed by atoms with Crippen molar-refractivity contribution in [2.24, 2.45) is 5.92 Å². The van der Waals surface area contributed by atoms with Crippen molar-refractivity contribution in [1.82, 2.24) is 4.90 Å². The summed E-state index contributed by atoms with van der Waals surface area (Å²) in [6, 6.07) is 13.9. The van der Waals surface area contributed by atoms with Gasteiger partial charge in [-0.25, -0.2) is 0 Å². The molecule has 0 radical (unpaired) electrons. The van der Waals surface area contributed by atoms with Gasteiger partial charge in [-0.05, 0) is 82.3 Å². The number of likely N-dealkylation sites (tertiary alicyclic amines) is 1. The lowest BCUT2D eigenvalue weighted by Gasteiger charge is -2.37. The van der Waals surface area contributed by atoms with Crippen LogP contribution in [0, 0.1) is 5.92 Å². The number of β-lactam (4-membered cyclic amide) rings is 1. The number of nitrogens with zero attached hydrogens (tertiary/aromatic N) is 3. The number of allylic oxidation sites excluding steroid dienone is 3. The largest absolute Gasteiger partial charge is 0.497 e. The van der Waals surface area contributed by atoms with Gasteiger partial charge in [-0.3, -0.25) is 14.4 Å². The highest BCUT2D eigenvalue weighted by molar-refractivity contribution is 6.91. The first-order valence-electron chi connectivity index (χ1n) is 18.6. The summed E-state index contributed by atoms with van der Waals surface area (Å²) in [7, 11) is -0.805. The Hall–Kier alpha value is -3.73. The van der Waals surface area contributed by atoms with E-state index in [0.29, 0.717) is 26.1 Å². The second-order valence-corrected chi connectivity index (χ2v) is 20.4. The maximum Gasteiger partial charge on any atom is 0.264 e. The minimum Gasteiger partial charge on any atom is -0.497 e. The number of carbonyl (C=O) groups excluding carboxylic acids is 3. The zero-order valence-electron chi connectivity index (χ0n) is 31.4. The number of amides is 3. The van der Waals surface area contributed by atoms with Crippen molar-refractivity contribution in [3.8, 4) is 5.75 Å². The van der Waals surface area contributed by atoms with E-state index in [1.807, 2.05) is 40.1 Å². The van der Waals surface area contributed by atoms with E-state index in [4.69, 9.17) is 9.47 Å². The van der Waals surface area contributed by atoms with Crippen LogP contribution >= 0.6 is 0 Å². The number of hydrogen-bond donors (Lipinski definition) is 1. The standard InChI is InChI=1S/C41H55N3O6Si/c1-27(2)10-8-11-28(3)19-22-44-35-18-13-30(43-23-20-37(43)46)24-34(35)41(40(44)48)29(4)39(51(6,7)33-16-14-32(49-5)15-17-33)36(50-41)25-38(47)42-21-9-12-31(42)26-45/h10,13-19,24,29,31,36,39,45H,8-9,11-12,20-23,25-26H2,1-7H3/b28-19+/t29-,31-,36+,39-,41+/m0/s1. The van der Waals surface area contributed by atoms with E-state index in [1.54, 1.807) is 12.0 Å². The first-order valence-corrected chi connectivity index (χ1v) is 21.7. The van der Waals surface area contributed by atoms with E-state index >= 15 is 4.79 Å². The molecule has 0 bridgehead atoms. The molecule has 4 aliphatic heterocycles. The molecule has 4 aliphatic rings. The van der Waals surface area contributed by atoms with Gasteiger partial charge in [0, 0.05) is 43.2 Å². The number of anilines is 2. The Morgan fingerprint density at radius 2 is 1.82 bits per heavy atom. The molecule has 9 nitrogen and oxygen atoms in total. The van der Waals surface area contributed by atoms with Gasteiger partial charge in [0.15, 0.2) is 5.60 Å². The summed E-state index contributed by atoms with van der Waals surface area (Å²) < 4.78 is 12.7. The maximum absolute atomic E-state index is 15.2. The first kappa shape index (κ1) is 37.0. The number of hydrogen-bond acceptors (Lipinski definition) is 6. The van der Waals surface area contributed by atoms with Gasteiger partial charge in [-0.15, -0.1) is 0 Å². The average Bonchev–Trinajstić information content (AvgIpc) is 3.76. The number of methoxy groups -OCH3 is 1. The van der Waals surface area contributed by atoms with Crippen molar-refractivity contribution < 1.29 is 29.0 Å². The summed E-state index contributed by atoms with van der Waals surface area (Å²) in [6.07, 6.45) is 7.99. The van der Waals surface area contributed by atoms with Crippen molar-refractivity contribution in [2.45, 2.75) is 103 Å². The molecule has 0 saturated carbocycles. The van der Waals surface area contributed by atoms with Crippen molar-refractivity contribution >= 4 is 42.4 Å². The first-order chi connectivity index (χ1) is 24.3. The van der Waals surface area contributed by atoms with E-state index in [1.165, 1.54) is 16.3 Å². The fraction of sp³-hybridized carbons (Fsp3) is 0.537. The molecule has 2 aromatic carbocycles. The van der Waals surface area contributed by atoms with E-state index in [9.17, 15) is 14.7 Å². The molecule has 0 aliphatic carbocycles. The Balaban J connectivity index is 1.43. The van der Waals surface area contributed by atoms with Gasteiger partial charge >= 0.3 is 0 Å². The summed E-state index contributed by atoms with van der Waals surface area (Å²) in [4.78, 5) is 47.3. The van der Waals surface area contributed by atoms with Crippen molar-refractivity contribution in [3.05, 3.63) is 71.3 Å². The molecular formula is C41H55N3O6Si. The maximum atomic E-state index is 15.2. The second kappa shape index (κ2) is 14.7. The molecule has 3 saturated heterocycles. The molecule has 0 unspecified atom stereocenters. The molecule has 51 heavy (non-hydrogen) atoms. The van der Waals surface area contributed by atoms with E-state index < -0.39 is 19.8 Å². The molecule has 2 aromatic rings. The third kappa shape index (κ3) is 6.71. The van der Waals surface area contributed by atoms with Crippen LogP contribution in [0.25, 0.3) is 0 Å². The summed E-state index contributed by atoms with van der Waals surface area (Å²) in [5.41, 5.74) is 3.43. The molecule has 3 amide bonds. The Morgan fingerprint density at radius 3 is 2.45 bits per heavy atom. The molecular weight excluding hydrogens is 659 g/mol. The number of benzene rings is 2. The van der Waals surface area contributed by atoms with Crippen LogP contribution in [-0.4, -0.2) is 81.3 Å². The number of fused-ring (bicyclic) bond motifs is 2. The molecule has 1 spiro atoms. The van der Waals surface area contributed by atoms with Crippen LogP contribution in [0.15, 0.2) is 65.8 Å². The number of carbonyl (C=O) groups is 3. The normalized spacial score (nSPS) is 26.2. The monoisotopic (exact) mass is 713 g/mol. The van der Waals surface area contributed by atoms with Gasteiger partial charge < -0.3 is 29.3 Å². The molecule has 4 heterocycles. The fourth-order valence-corrected chi connectivity index (χ4v) is 13.0. The lowest BCUT2D eigenvalue weighted by molar-refractivity contribution is -0.149. The summed E-state index contributed by atoms with van der Waals surface area (Å²) in [5.74, 6) is 0.424. The molecule has 274 valence electrons. The van der Waals surface area contributed by atoms with Crippen LogP contribution in [-0.2, 0) is 24.7 Å². The molecule has 10 heteroatoms. The molecule has 3 fully saturated rings. The Bertz CT molecular complexity index is 1720. The van der Waals surface area contributed by atoms with Gasteiger partial charge in [-0.2, -0.15) is 0 Å². The lowest BCUT2D eigenvalue weighted by Crippen LogP contribution is -2.52. The third-order valence-electron chi connectivity index (χ3n) is 12.0. The molecule has 0 aromatic heterocycles. The van der Waals surface area contributed by atoms with Crippen molar-refractivity contribution in [2.75, 3.05) is 43.2 Å². The summed E-state index contributed by atoms with van der Waals surface area (Å²) in [5, 5.41) is 11.3. The van der Waals surface area contributed by atoms with Gasteiger partial charge in [0.1, 0.15) is 5.75 Å². The lowest BCUT2D eigenvalue weighted by atomic mass is 9.82. The molecule has 5 atom stereocenters. The average molecular weight is 714 g/mol. The highest BCUT2D eigenvalue weighted by Crippen LogP contribution is 2.60. The van der Waals surface area contributed by atoms with Crippen LogP contribution in [0.4, 0.5) is 11.4 Å². The smallest absolute Gasteiger partial charge is 0.264 e. The van der Waals surface area contributed by atoms with E-state index in [0.717, 1.165) is 48.4 Å². The fourth-order valence-electron chi connectivity index (χ4n) is 9.02. The van der Waals surface area contributed by atoms with Gasteiger partial charge in [0.25, 0.3) is 5.91 Å². The predicted molar refractivity (Wildman–Crippen MR) is 204 cm³/mol. The van der Waals surface area contributed by atoms with Gasteiger partial charge in [0.05, 0.1) is 46.0 Å². The molecule has 6 rings (SSSR count). The summed E-state index contributed by atoms with van der Waals surface area (Å²) >= 11 is 0. The highest BCUT2D eigenvalue weighted by Gasteiger charge is 2.66. The van der Waals surface area contributed by atoms with Crippen LogP contribution in [0.5, 0.6) is 5.75 Å². The highest BCUT2D eigenvalue weighted by atomic mass is 28.3. The van der Waals surface area contributed by atoms with Crippen LogP contribution in [0.2, 0.25) is 18.6 Å². The Labute approximate surface area is 304 Å². The number of ether oxygens (including phenoxy) is 2. The van der Waals surface area contributed by atoms with E-state index in [-0.39, 0.29) is 48.3 Å². The second-order valence-electron chi connectivity index (χ2n) is 15.7. The van der Waals surface area contributed by atoms with Gasteiger partial charge in [-0.1, -0.05) is 60.6 Å². The zero-order chi connectivity index (χ0) is 36.7. The van der Waals surface area contributed by atoms with Crippen LogP contribution in [0.1, 0.15) is 71.8 Å². The Kier molecular flexibility index (Phi) is 10.7. The molecule has 1 N–H and O–H groups in total. The zero-order valence-corrected chi connectivity index (χ0v) is 32.4.